The Morgan fingerprint density at radius 1 is 1.12 bits per heavy atom. The van der Waals surface area contributed by atoms with Crippen LogP contribution in [0.5, 0.6) is 0 Å². The summed E-state index contributed by atoms with van der Waals surface area (Å²) in [6.45, 7) is 11.9. The van der Waals surface area contributed by atoms with Crippen LogP contribution in [0.3, 0.4) is 0 Å². The molecule has 0 heterocycles. The van der Waals surface area contributed by atoms with Gasteiger partial charge in [-0.05, 0) is 62.4 Å². The molecule has 1 aromatic rings. The van der Waals surface area contributed by atoms with E-state index in [0.29, 0.717) is 6.42 Å². The second kappa shape index (κ2) is 5.97. The summed E-state index contributed by atoms with van der Waals surface area (Å²) in [5.74, 6) is 0.242. The topological polar surface area (TPSA) is 29.1 Å². The van der Waals surface area contributed by atoms with Crippen LogP contribution in [0.4, 0.5) is 0 Å². The fourth-order valence-corrected chi connectivity index (χ4v) is 2.04. The Balaban J connectivity index is 2.73. The van der Waals surface area contributed by atoms with Crippen LogP contribution in [0.15, 0.2) is 6.07 Å². The average Bonchev–Trinajstić information content (AvgIpc) is 2.25. The van der Waals surface area contributed by atoms with Crippen molar-refractivity contribution < 1.29 is 4.79 Å². The standard InChI is InChI=1S/C15H23NO/c1-10-8-11(2)14(5)15(13(10)4)9-16-7-6-12(3)17/h8,16H,6-7,9H2,1-5H3. The fraction of sp³-hybridized carbons (Fsp3) is 0.533. The molecule has 0 aliphatic carbocycles. The number of carbonyl (C=O) groups is 1. The number of Topliss-reactive ketones (excluding diaryl/α,β-unsaturated/α-hetero) is 1. The van der Waals surface area contributed by atoms with Crippen LogP contribution in [0.1, 0.15) is 41.2 Å². The van der Waals surface area contributed by atoms with Crippen LogP contribution in [0.25, 0.3) is 0 Å². The van der Waals surface area contributed by atoms with E-state index in [9.17, 15) is 4.79 Å². The Morgan fingerprint density at radius 3 is 2.12 bits per heavy atom. The lowest BCUT2D eigenvalue weighted by atomic mass is 9.94. The summed E-state index contributed by atoms with van der Waals surface area (Å²) in [7, 11) is 0. The minimum atomic E-state index is 0.242. The molecule has 0 saturated heterocycles. The normalized spacial score (nSPS) is 10.6. The summed E-state index contributed by atoms with van der Waals surface area (Å²) in [4.78, 5) is 10.9. The van der Waals surface area contributed by atoms with Crippen molar-refractivity contribution in [1.29, 1.82) is 0 Å². The van der Waals surface area contributed by atoms with Crippen LogP contribution in [0, 0.1) is 27.7 Å². The van der Waals surface area contributed by atoms with Crippen molar-refractivity contribution in [2.45, 2.75) is 47.6 Å². The zero-order valence-electron chi connectivity index (χ0n) is 11.6. The van der Waals surface area contributed by atoms with Gasteiger partial charge in [0, 0.05) is 19.5 Å². The van der Waals surface area contributed by atoms with Gasteiger partial charge in [-0.2, -0.15) is 0 Å². The monoisotopic (exact) mass is 233 g/mol. The number of aryl methyl sites for hydroxylation is 2. The molecule has 0 aromatic heterocycles. The second-order valence-corrected chi connectivity index (χ2v) is 4.87. The SMILES string of the molecule is CC(=O)CCNCc1c(C)c(C)cc(C)c1C. The summed E-state index contributed by atoms with van der Waals surface area (Å²) >= 11 is 0. The Bertz CT molecular complexity index is 395. The van der Waals surface area contributed by atoms with E-state index in [4.69, 9.17) is 0 Å². The molecule has 0 aliphatic heterocycles. The zero-order chi connectivity index (χ0) is 13.0. The van der Waals surface area contributed by atoms with E-state index in [1.807, 2.05) is 0 Å². The van der Waals surface area contributed by atoms with Crippen molar-refractivity contribution in [2.24, 2.45) is 0 Å². The first-order valence-electron chi connectivity index (χ1n) is 6.20. The highest BCUT2D eigenvalue weighted by Gasteiger charge is 2.07. The molecule has 1 rings (SSSR count). The van der Waals surface area contributed by atoms with Gasteiger partial charge in [-0.3, -0.25) is 4.79 Å². The molecule has 0 amide bonds. The quantitative estimate of drug-likeness (QED) is 0.792. The van der Waals surface area contributed by atoms with E-state index >= 15 is 0 Å². The maximum atomic E-state index is 10.9. The number of rotatable bonds is 5. The molecule has 0 spiro atoms. The summed E-state index contributed by atoms with van der Waals surface area (Å²) in [6, 6.07) is 2.24. The number of carbonyl (C=O) groups excluding carboxylic acids is 1. The Labute approximate surface area is 104 Å². The lowest BCUT2D eigenvalue weighted by molar-refractivity contribution is -0.116. The van der Waals surface area contributed by atoms with Gasteiger partial charge in [0.15, 0.2) is 0 Å². The van der Waals surface area contributed by atoms with E-state index < -0.39 is 0 Å². The van der Waals surface area contributed by atoms with Gasteiger partial charge in [0.05, 0.1) is 0 Å². The molecule has 0 atom stereocenters. The predicted octanol–water partition coefficient (Wildman–Crippen LogP) is 2.99. The Morgan fingerprint density at radius 2 is 1.65 bits per heavy atom. The maximum Gasteiger partial charge on any atom is 0.131 e. The van der Waals surface area contributed by atoms with Crippen molar-refractivity contribution in [3.8, 4) is 0 Å². The van der Waals surface area contributed by atoms with Gasteiger partial charge in [-0.15, -0.1) is 0 Å². The third-order valence-electron chi connectivity index (χ3n) is 3.48. The van der Waals surface area contributed by atoms with Gasteiger partial charge in [-0.25, -0.2) is 0 Å². The van der Waals surface area contributed by atoms with E-state index in [2.05, 4.69) is 39.1 Å². The molecule has 1 aromatic carbocycles. The predicted molar refractivity (Wildman–Crippen MR) is 72.4 cm³/mol. The summed E-state index contributed by atoms with van der Waals surface area (Å²) in [5.41, 5.74) is 6.80. The zero-order valence-corrected chi connectivity index (χ0v) is 11.6. The molecule has 0 bridgehead atoms. The molecule has 94 valence electrons. The third-order valence-corrected chi connectivity index (χ3v) is 3.48. The summed E-state index contributed by atoms with van der Waals surface area (Å²) < 4.78 is 0. The van der Waals surface area contributed by atoms with E-state index in [0.717, 1.165) is 13.1 Å². The molecule has 2 nitrogen and oxygen atoms in total. The number of hydrogen-bond donors (Lipinski definition) is 1. The molecule has 0 unspecified atom stereocenters. The molecule has 2 heteroatoms. The number of hydrogen-bond acceptors (Lipinski definition) is 2. The van der Waals surface area contributed by atoms with Crippen molar-refractivity contribution in [1.82, 2.24) is 5.32 Å². The first-order chi connectivity index (χ1) is 7.93. The van der Waals surface area contributed by atoms with Crippen LogP contribution in [-0.2, 0) is 11.3 Å². The molecule has 0 saturated carbocycles. The maximum absolute atomic E-state index is 10.9. The van der Waals surface area contributed by atoms with Crippen LogP contribution < -0.4 is 5.32 Å². The molecule has 1 N–H and O–H groups in total. The number of benzene rings is 1. The highest BCUT2D eigenvalue weighted by atomic mass is 16.1. The van der Waals surface area contributed by atoms with Gasteiger partial charge >= 0.3 is 0 Å². The van der Waals surface area contributed by atoms with Crippen LogP contribution >= 0.6 is 0 Å². The molecule has 0 radical (unpaired) electrons. The van der Waals surface area contributed by atoms with E-state index in [1.165, 1.54) is 27.8 Å². The Hall–Kier alpha value is -1.15. The highest BCUT2D eigenvalue weighted by Crippen LogP contribution is 2.21. The Kier molecular flexibility index (Phi) is 4.88. The van der Waals surface area contributed by atoms with Gasteiger partial charge in [-0.1, -0.05) is 6.07 Å². The lowest BCUT2D eigenvalue weighted by Gasteiger charge is -2.15. The van der Waals surface area contributed by atoms with Crippen LogP contribution in [0.2, 0.25) is 0 Å². The smallest absolute Gasteiger partial charge is 0.131 e. The summed E-state index contributed by atoms with van der Waals surface area (Å²) in [5, 5.41) is 3.35. The van der Waals surface area contributed by atoms with Crippen molar-refractivity contribution in [2.75, 3.05) is 6.54 Å². The molecular weight excluding hydrogens is 210 g/mol. The fourth-order valence-electron chi connectivity index (χ4n) is 2.04. The van der Waals surface area contributed by atoms with Crippen molar-refractivity contribution >= 4 is 5.78 Å². The molecular formula is C15H23NO. The van der Waals surface area contributed by atoms with Crippen LogP contribution in [-0.4, -0.2) is 12.3 Å². The average molecular weight is 233 g/mol. The largest absolute Gasteiger partial charge is 0.312 e. The summed E-state index contributed by atoms with van der Waals surface area (Å²) in [6.07, 6.45) is 0.614. The van der Waals surface area contributed by atoms with Gasteiger partial charge in [0.1, 0.15) is 5.78 Å². The third kappa shape index (κ3) is 3.67. The molecule has 0 aliphatic rings. The van der Waals surface area contributed by atoms with Gasteiger partial charge < -0.3 is 5.32 Å². The van der Waals surface area contributed by atoms with Gasteiger partial charge in [0.25, 0.3) is 0 Å². The molecule has 17 heavy (non-hydrogen) atoms. The van der Waals surface area contributed by atoms with E-state index in [1.54, 1.807) is 6.92 Å². The lowest BCUT2D eigenvalue weighted by Crippen LogP contribution is -2.18. The van der Waals surface area contributed by atoms with Crippen molar-refractivity contribution in [3.63, 3.8) is 0 Å². The first kappa shape index (κ1) is 13.9. The minimum absolute atomic E-state index is 0.242. The number of nitrogens with one attached hydrogen (secondary N) is 1. The minimum Gasteiger partial charge on any atom is -0.312 e. The molecule has 0 fully saturated rings. The van der Waals surface area contributed by atoms with Crippen molar-refractivity contribution in [3.05, 3.63) is 33.9 Å². The highest BCUT2D eigenvalue weighted by molar-refractivity contribution is 5.75. The first-order valence-corrected chi connectivity index (χ1v) is 6.20. The van der Waals surface area contributed by atoms with Gasteiger partial charge in [0.2, 0.25) is 0 Å². The number of ketones is 1. The second-order valence-electron chi connectivity index (χ2n) is 4.87. The van der Waals surface area contributed by atoms with E-state index in [-0.39, 0.29) is 5.78 Å².